The highest BCUT2D eigenvalue weighted by atomic mass is 16.5. The molecule has 0 aromatic heterocycles. The Bertz CT molecular complexity index is 741. The molecule has 5 heteroatoms. The Balaban J connectivity index is 1.76. The van der Waals surface area contributed by atoms with Crippen LogP contribution < -0.4 is 0 Å². The SMILES string of the molecule is Cc1cccc(COC(=O)C(CC(C)C)N2C(=O)C3CC=CCC3C2=O)c1. The predicted octanol–water partition coefficient (Wildman–Crippen LogP) is 3.40. The first-order chi connectivity index (χ1) is 12.9. The van der Waals surface area contributed by atoms with Gasteiger partial charge in [-0.25, -0.2) is 4.79 Å². The number of hydrogen-bond acceptors (Lipinski definition) is 4. The Kier molecular flexibility index (Phi) is 5.78. The van der Waals surface area contributed by atoms with Crippen molar-refractivity contribution in [3.05, 3.63) is 47.5 Å². The standard InChI is InChI=1S/C22H27NO4/c1-14(2)11-19(22(26)27-13-16-8-6-7-15(3)12-16)23-20(24)17-9-4-5-10-18(17)21(23)25/h4-8,12,14,17-19H,9-11,13H2,1-3H3. The normalized spacial score (nSPS) is 22.9. The number of carbonyl (C=O) groups is 3. The van der Waals surface area contributed by atoms with E-state index in [4.69, 9.17) is 4.74 Å². The summed E-state index contributed by atoms with van der Waals surface area (Å²) in [7, 11) is 0. The largest absolute Gasteiger partial charge is 0.459 e. The Hall–Kier alpha value is -2.43. The van der Waals surface area contributed by atoms with Gasteiger partial charge < -0.3 is 4.74 Å². The lowest BCUT2D eigenvalue weighted by Crippen LogP contribution is -2.47. The van der Waals surface area contributed by atoms with Crippen molar-refractivity contribution in [2.45, 2.75) is 52.7 Å². The van der Waals surface area contributed by atoms with E-state index >= 15 is 0 Å². The van der Waals surface area contributed by atoms with Crippen LogP contribution in [0.4, 0.5) is 0 Å². The van der Waals surface area contributed by atoms with Crippen LogP contribution in [0.1, 0.15) is 44.2 Å². The second-order valence-corrected chi connectivity index (χ2v) is 7.94. The maximum atomic E-state index is 12.9. The number of fused-ring (bicyclic) bond motifs is 1. The van der Waals surface area contributed by atoms with Gasteiger partial charge in [0.05, 0.1) is 11.8 Å². The lowest BCUT2D eigenvalue weighted by molar-refractivity contribution is -0.160. The van der Waals surface area contributed by atoms with Crippen molar-refractivity contribution in [2.24, 2.45) is 17.8 Å². The molecule has 0 saturated carbocycles. The molecule has 1 aromatic rings. The third-order valence-electron chi connectivity index (χ3n) is 5.28. The van der Waals surface area contributed by atoms with Crippen LogP contribution in [0, 0.1) is 24.7 Å². The van der Waals surface area contributed by atoms with Gasteiger partial charge in [-0.05, 0) is 37.7 Å². The molecule has 2 aliphatic rings. The van der Waals surface area contributed by atoms with Gasteiger partial charge in [0.25, 0.3) is 0 Å². The number of carbonyl (C=O) groups excluding carboxylic acids is 3. The van der Waals surface area contributed by atoms with Gasteiger partial charge in [0.15, 0.2) is 0 Å². The first-order valence-corrected chi connectivity index (χ1v) is 9.62. The fourth-order valence-corrected chi connectivity index (χ4v) is 3.94. The summed E-state index contributed by atoms with van der Waals surface area (Å²) >= 11 is 0. The number of rotatable bonds is 6. The highest BCUT2D eigenvalue weighted by Gasteiger charge is 2.51. The molecule has 0 bridgehead atoms. The number of amides is 2. The van der Waals surface area contributed by atoms with Gasteiger partial charge in [-0.2, -0.15) is 0 Å². The Labute approximate surface area is 160 Å². The predicted molar refractivity (Wildman–Crippen MR) is 101 cm³/mol. The molecule has 2 amide bonds. The molecular formula is C22H27NO4. The number of imide groups is 1. The van der Waals surface area contributed by atoms with Crippen LogP contribution in [-0.4, -0.2) is 28.7 Å². The number of aryl methyl sites for hydroxylation is 1. The molecule has 0 spiro atoms. The smallest absolute Gasteiger partial charge is 0.329 e. The van der Waals surface area contributed by atoms with Crippen LogP contribution in [0.3, 0.4) is 0 Å². The summed E-state index contributed by atoms with van der Waals surface area (Å²) in [6.07, 6.45) is 5.45. The van der Waals surface area contributed by atoms with Crippen LogP contribution in [0.15, 0.2) is 36.4 Å². The van der Waals surface area contributed by atoms with Gasteiger partial charge in [0.1, 0.15) is 12.6 Å². The summed E-state index contributed by atoms with van der Waals surface area (Å²) in [5, 5.41) is 0. The first-order valence-electron chi connectivity index (χ1n) is 9.62. The topological polar surface area (TPSA) is 63.7 Å². The van der Waals surface area contributed by atoms with Gasteiger partial charge >= 0.3 is 5.97 Å². The molecule has 1 saturated heterocycles. The van der Waals surface area contributed by atoms with Gasteiger partial charge in [0.2, 0.25) is 11.8 Å². The quantitative estimate of drug-likeness (QED) is 0.438. The van der Waals surface area contributed by atoms with Crippen molar-refractivity contribution in [1.29, 1.82) is 0 Å². The van der Waals surface area contributed by atoms with Gasteiger partial charge in [-0.3, -0.25) is 14.5 Å². The Morgan fingerprint density at radius 3 is 2.33 bits per heavy atom. The average Bonchev–Trinajstić information content (AvgIpc) is 2.89. The Morgan fingerprint density at radius 1 is 1.15 bits per heavy atom. The average molecular weight is 369 g/mol. The van der Waals surface area contributed by atoms with E-state index in [1.54, 1.807) is 0 Å². The van der Waals surface area contributed by atoms with E-state index in [1.807, 2.05) is 57.2 Å². The minimum absolute atomic E-state index is 0.139. The molecule has 0 radical (unpaired) electrons. The molecule has 144 valence electrons. The monoisotopic (exact) mass is 369 g/mol. The van der Waals surface area contributed by atoms with E-state index in [0.29, 0.717) is 19.3 Å². The highest BCUT2D eigenvalue weighted by molar-refractivity contribution is 6.08. The van der Waals surface area contributed by atoms with E-state index in [-0.39, 0.29) is 36.2 Å². The van der Waals surface area contributed by atoms with Crippen molar-refractivity contribution >= 4 is 17.8 Å². The summed E-state index contributed by atoms with van der Waals surface area (Å²) in [5.41, 5.74) is 1.98. The summed E-state index contributed by atoms with van der Waals surface area (Å²) in [5.74, 6) is -1.47. The summed E-state index contributed by atoms with van der Waals surface area (Å²) in [6, 6.07) is 6.89. The zero-order valence-corrected chi connectivity index (χ0v) is 16.2. The molecule has 0 N–H and O–H groups in total. The zero-order chi connectivity index (χ0) is 19.6. The fourth-order valence-electron chi connectivity index (χ4n) is 3.94. The van der Waals surface area contributed by atoms with Gasteiger partial charge in [-0.1, -0.05) is 55.8 Å². The first kappa shape index (κ1) is 19.3. The molecular weight excluding hydrogens is 342 g/mol. The molecule has 1 fully saturated rings. The maximum Gasteiger partial charge on any atom is 0.329 e. The van der Waals surface area contributed by atoms with Crippen LogP contribution in [-0.2, 0) is 25.7 Å². The number of esters is 1. The third kappa shape index (κ3) is 4.12. The molecule has 1 aliphatic heterocycles. The number of likely N-dealkylation sites (tertiary alicyclic amines) is 1. The van der Waals surface area contributed by atoms with Crippen molar-refractivity contribution in [2.75, 3.05) is 0 Å². The molecule has 27 heavy (non-hydrogen) atoms. The molecule has 3 unspecified atom stereocenters. The van der Waals surface area contributed by atoms with Crippen molar-refractivity contribution in [3.8, 4) is 0 Å². The number of nitrogens with zero attached hydrogens (tertiary/aromatic N) is 1. The second kappa shape index (κ2) is 8.07. The molecule has 5 nitrogen and oxygen atoms in total. The number of ether oxygens (including phenoxy) is 1. The third-order valence-corrected chi connectivity index (χ3v) is 5.28. The van der Waals surface area contributed by atoms with E-state index in [2.05, 4.69) is 0 Å². The zero-order valence-electron chi connectivity index (χ0n) is 16.2. The minimum Gasteiger partial charge on any atom is -0.459 e. The molecule has 1 heterocycles. The molecule has 3 atom stereocenters. The van der Waals surface area contributed by atoms with E-state index in [1.165, 1.54) is 4.90 Å². The highest BCUT2D eigenvalue weighted by Crippen LogP contribution is 2.37. The number of hydrogen-bond donors (Lipinski definition) is 0. The maximum absolute atomic E-state index is 12.9. The molecule has 1 aliphatic carbocycles. The van der Waals surface area contributed by atoms with Crippen molar-refractivity contribution < 1.29 is 19.1 Å². The lowest BCUT2D eigenvalue weighted by atomic mass is 9.85. The van der Waals surface area contributed by atoms with Crippen molar-refractivity contribution in [3.63, 3.8) is 0 Å². The van der Waals surface area contributed by atoms with Crippen LogP contribution in [0.25, 0.3) is 0 Å². The number of allylic oxidation sites excluding steroid dienone is 2. The van der Waals surface area contributed by atoms with E-state index in [0.717, 1.165) is 11.1 Å². The Morgan fingerprint density at radius 2 is 1.78 bits per heavy atom. The van der Waals surface area contributed by atoms with Gasteiger partial charge in [-0.15, -0.1) is 0 Å². The van der Waals surface area contributed by atoms with Crippen molar-refractivity contribution in [1.82, 2.24) is 4.90 Å². The van der Waals surface area contributed by atoms with Crippen LogP contribution in [0.2, 0.25) is 0 Å². The van der Waals surface area contributed by atoms with E-state index < -0.39 is 12.0 Å². The second-order valence-electron chi connectivity index (χ2n) is 7.94. The minimum atomic E-state index is -0.847. The van der Waals surface area contributed by atoms with Gasteiger partial charge in [0, 0.05) is 0 Å². The number of benzene rings is 1. The summed E-state index contributed by atoms with van der Waals surface area (Å²) in [6.45, 7) is 6.06. The fraction of sp³-hybridized carbons (Fsp3) is 0.500. The lowest BCUT2D eigenvalue weighted by Gasteiger charge is -2.26. The van der Waals surface area contributed by atoms with E-state index in [9.17, 15) is 14.4 Å². The van der Waals surface area contributed by atoms with Crippen LogP contribution in [0.5, 0.6) is 0 Å². The summed E-state index contributed by atoms with van der Waals surface area (Å²) < 4.78 is 5.51. The summed E-state index contributed by atoms with van der Waals surface area (Å²) in [4.78, 5) is 39.8. The molecule has 3 rings (SSSR count). The van der Waals surface area contributed by atoms with Crippen LogP contribution >= 0.6 is 0 Å². The molecule has 1 aromatic carbocycles.